The van der Waals surface area contributed by atoms with Crippen molar-refractivity contribution in [2.24, 2.45) is 0 Å². The predicted molar refractivity (Wildman–Crippen MR) is 57.2 cm³/mol. The molecule has 3 N–H and O–H groups in total. The van der Waals surface area contributed by atoms with Crippen LogP contribution in [0.5, 0.6) is 5.75 Å². The third kappa shape index (κ3) is 1.28. The summed E-state index contributed by atoms with van der Waals surface area (Å²) in [7, 11) is 0. The molecule has 0 aliphatic rings. The zero-order valence-corrected chi connectivity index (χ0v) is 8.14. The second-order valence-electron chi connectivity index (χ2n) is 2.98. The fraction of sp³-hybridized carbons (Fsp3) is 0.100. The molecule has 0 aliphatic carbocycles. The van der Waals surface area contributed by atoms with Gasteiger partial charge in [0.05, 0.1) is 12.5 Å². The molecule has 70 valence electrons. The Morgan fingerprint density at radius 1 is 1.50 bits per heavy atom. The molecule has 0 radical (unpaired) electrons. The molecule has 0 fully saturated rings. The van der Waals surface area contributed by atoms with Crippen molar-refractivity contribution in [3.8, 4) is 11.8 Å². The smallest absolute Gasteiger partial charge is 0.157 e. The lowest BCUT2D eigenvalue weighted by molar-refractivity contribution is 0.486. The molecule has 2 aromatic rings. The summed E-state index contributed by atoms with van der Waals surface area (Å²) in [5, 5.41) is 19.3. The van der Waals surface area contributed by atoms with E-state index in [1.807, 2.05) is 12.1 Å². The summed E-state index contributed by atoms with van der Waals surface area (Å²) in [5.74, 6) is 0.129. The Labute approximate surface area is 85.0 Å². The van der Waals surface area contributed by atoms with Crippen molar-refractivity contribution in [3.05, 3.63) is 23.8 Å². The highest BCUT2D eigenvalue weighted by atomic mass is 32.1. The monoisotopic (exact) mass is 204 g/mol. The largest absolute Gasteiger partial charge is 0.504 e. The fourth-order valence-corrected chi connectivity index (χ4v) is 2.20. The van der Waals surface area contributed by atoms with Crippen LogP contribution in [0.2, 0.25) is 0 Å². The van der Waals surface area contributed by atoms with Gasteiger partial charge in [-0.05, 0) is 17.7 Å². The number of thiophene rings is 1. The van der Waals surface area contributed by atoms with Gasteiger partial charge < -0.3 is 10.8 Å². The SMILES string of the molecule is N#CCc1ccc2sc(N)c(O)c2c1. The number of nitrogen functional groups attached to an aromatic ring is 1. The van der Waals surface area contributed by atoms with Gasteiger partial charge in [0.15, 0.2) is 5.75 Å². The van der Waals surface area contributed by atoms with Crippen molar-refractivity contribution in [1.82, 2.24) is 0 Å². The second kappa shape index (κ2) is 3.20. The highest BCUT2D eigenvalue weighted by Crippen LogP contribution is 2.39. The third-order valence-electron chi connectivity index (χ3n) is 2.04. The molecular formula is C10H8N2OS. The molecule has 1 aromatic carbocycles. The minimum absolute atomic E-state index is 0.129. The molecule has 0 unspecified atom stereocenters. The number of nitriles is 1. The summed E-state index contributed by atoms with van der Waals surface area (Å²) in [6.07, 6.45) is 0.352. The van der Waals surface area contributed by atoms with Gasteiger partial charge in [0.2, 0.25) is 0 Å². The zero-order valence-electron chi connectivity index (χ0n) is 7.32. The Kier molecular flexibility index (Phi) is 2.02. The van der Waals surface area contributed by atoms with E-state index in [1.165, 1.54) is 11.3 Å². The molecule has 0 saturated carbocycles. The van der Waals surface area contributed by atoms with Crippen LogP contribution in [-0.4, -0.2) is 5.11 Å². The van der Waals surface area contributed by atoms with E-state index in [2.05, 4.69) is 6.07 Å². The van der Waals surface area contributed by atoms with E-state index in [0.29, 0.717) is 11.4 Å². The van der Waals surface area contributed by atoms with E-state index >= 15 is 0 Å². The third-order valence-corrected chi connectivity index (χ3v) is 3.02. The molecule has 1 heterocycles. The quantitative estimate of drug-likeness (QED) is 0.748. The van der Waals surface area contributed by atoms with Crippen LogP contribution in [0.4, 0.5) is 5.00 Å². The predicted octanol–water partition coefficient (Wildman–Crippen LogP) is 2.26. The molecule has 0 amide bonds. The van der Waals surface area contributed by atoms with Crippen molar-refractivity contribution in [3.63, 3.8) is 0 Å². The molecule has 0 bridgehead atoms. The Morgan fingerprint density at radius 2 is 2.29 bits per heavy atom. The standard InChI is InChI=1S/C10H8N2OS/c11-4-3-6-1-2-8-7(5-6)9(13)10(12)14-8/h1-2,5,13H,3,12H2. The molecular weight excluding hydrogens is 196 g/mol. The van der Waals surface area contributed by atoms with Crippen molar-refractivity contribution in [2.75, 3.05) is 5.73 Å². The van der Waals surface area contributed by atoms with Gasteiger partial charge in [-0.1, -0.05) is 6.07 Å². The fourth-order valence-electron chi connectivity index (χ4n) is 1.35. The maximum atomic E-state index is 9.59. The molecule has 0 atom stereocenters. The maximum Gasteiger partial charge on any atom is 0.157 e. The molecule has 4 heteroatoms. The number of anilines is 1. The molecule has 1 aromatic heterocycles. The number of nitrogens with two attached hydrogens (primary N) is 1. The van der Waals surface area contributed by atoms with Crippen molar-refractivity contribution >= 4 is 26.4 Å². The normalized spacial score (nSPS) is 10.2. The van der Waals surface area contributed by atoms with Crippen molar-refractivity contribution < 1.29 is 5.11 Å². The summed E-state index contributed by atoms with van der Waals surface area (Å²) < 4.78 is 0.946. The van der Waals surface area contributed by atoms with Crippen LogP contribution in [-0.2, 0) is 6.42 Å². The minimum atomic E-state index is 0.129. The number of aromatic hydroxyl groups is 1. The number of nitrogens with zero attached hydrogens (tertiary/aromatic N) is 1. The molecule has 0 saturated heterocycles. The number of hydrogen-bond acceptors (Lipinski definition) is 4. The van der Waals surface area contributed by atoms with E-state index in [1.54, 1.807) is 6.07 Å². The first-order valence-corrected chi connectivity index (χ1v) is 4.91. The van der Waals surface area contributed by atoms with Crippen LogP contribution in [0.3, 0.4) is 0 Å². The average Bonchev–Trinajstić information content (AvgIpc) is 2.45. The number of hydrogen-bond donors (Lipinski definition) is 2. The van der Waals surface area contributed by atoms with Crippen LogP contribution >= 0.6 is 11.3 Å². The van der Waals surface area contributed by atoms with Crippen LogP contribution in [0, 0.1) is 11.3 Å². The van der Waals surface area contributed by atoms with Gasteiger partial charge in [0.25, 0.3) is 0 Å². The summed E-state index contributed by atoms with van der Waals surface area (Å²) in [6.45, 7) is 0. The average molecular weight is 204 g/mol. The number of rotatable bonds is 1. The first kappa shape index (κ1) is 8.85. The van der Waals surface area contributed by atoms with Gasteiger partial charge in [0, 0.05) is 10.1 Å². The van der Waals surface area contributed by atoms with Crippen molar-refractivity contribution in [2.45, 2.75) is 6.42 Å². The highest BCUT2D eigenvalue weighted by molar-refractivity contribution is 7.23. The van der Waals surface area contributed by atoms with E-state index in [0.717, 1.165) is 15.6 Å². The Hall–Kier alpha value is -1.73. The highest BCUT2D eigenvalue weighted by Gasteiger charge is 2.08. The van der Waals surface area contributed by atoms with Gasteiger partial charge in [-0.25, -0.2) is 0 Å². The summed E-state index contributed by atoms with van der Waals surface area (Å²) >= 11 is 1.35. The summed E-state index contributed by atoms with van der Waals surface area (Å²) in [6, 6.07) is 7.63. The lowest BCUT2D eigenvalue weighted by atomic mass is 10.1. The maximum absolute atomic E-state index is 9.59. The summed E-state index contributed by atoms with van der Waals surface area (Å²) in [5.41, 5.74) is 6.48. The molecule has 2 rings (SSSR count). The van der Waals surface area contributed by atoms with Crippen LogP contribution < -0.4 is 5.73 Å². The molecule has 14 heavy (non-hydrogen) atoms. The second-order valence-corrected chi connectivity index (χ2v) is 4.06. The Balaban J connectivity index is 2.65. The van der Waals surface area contributed by atoms with Gasteiger partial charge in [-0.3, -0.25) is 0 Å². The van der Waals surface area contributed by atoms with Gasteiger partial charge in [-0.15, -0.1) is 11.3 Å². The van der Waals surface area contributed by atoms with E-state index < -0.39 is 0 Å². The lowest BCUT2D eigenvalue weighted by Gasteiger charge is -1.95. The lowest BCUT2D eigenvalue weighted by Crippen LogP contribution is -1.79. The van der Waals surface area contributed by atoms with E-state index in [9.17, 15) is 5.11 Å². The molecule has 0 aliphatic heterocycles. The zero-order chi connectivity index (χ0) is 10.1. The van der Waals surface area contributed by atoms with E-state index in [4.69, 9.17) is 11.0 Å². The van der Waals surface area contributed by atoms with Gasteiger partial charge >= 0.3 is 0 Å². The van der Waals surface area contributed by atoms with Crippen LogP contribution in [0.1, 0.15) is 5.56 Å². The number of benzene rings is 1. The van der Waals surface area contributed by atoms with Crippen LogP contribution in [0.15, 0.2) is 18.2 Å². The van der Waals surface area contributed by atoms with Crippen molar-refractivity contribution in [1.29, 1.82) is 5.26 Å². The minimum Gasteiger partial charge on any atom is -0.504 e. The van der Waals surface area contributed by atoms with E-state index in [-0.39, 0.29) is 5.75 Å². The van der Waals surface area contributed by atoms with Gasteiger partial charge in [0.1, 0.15) is 5.00 Å². The Morgan fingerprint density at radius 3 is 3.00 bits per heavy atom. The van der Waals surface area contributed by atoms with Gasteiger partial charge in [-0.2, -0.15) is 5.26 Å². The molecule has 3 nitrogen and oxygen atoms in total. The summed E-state index contributed by atoms with van der Waals surface area (Å²) in [4.78, 5) is 0. The number of fused-ring (bicyclic) bond motifs is 1. The first-order valence-electron chi connectivity index (χ1n) is 4.09. The van der Waals surface area contributed by atoms with Crippen LogP contribution in [0.25, 0.3) is 10.1 Å². The Bertz CT molecular complexity index is 525. The topological polar surface area (TPSA) is 70.0 Å². The first-order chi connectivity index (χ1) is 6.72. The molecule has 0 spiro atoms.